The van der Waals surface area contributed by atoms with Gasteiger partial charge in [0.2, 0.25) is 0 Å². The first-order chi connectivity index (χ1) is 7.69. The first kappa shape index (κ1) is 9.97. The summed E-state index contributed by atoms with van der Waals surface area (Å²) in [7, 11) is 0. The summed E-state index contributed by atoms with van der Waals surface area (Å²) < 4.78 is 11.9. The maximum atomic E-state index is 5.97. The van der Waals surface area contributed by atoms with E-state index in [1.165, 1.54) is 12.8 Å². The molecule has 2 aliphatic rings. The van der Waals surface area contributed by atoms with E-state index in [0.717, 1.165) is 29.9 Å². The van der Waals surface area contributed by atoms with Crippen LogP contribution in [0.25, 0.3) is 0 Å². The smallest absolute Gasteiger partial charge is 0.251 e. The zero-order valence-electron chi connectivity index (χ0n) is 9.53. The third kappa shape index (κ3) is 1.47. The molecule has 3 rings (SSSR count). The molecule has 3 nitrogen and oxygen atoms in total. The molecule has 16 heavy (non-hydrogen) atoms. The first-order valence-electron chi connectivity index (χ1n) is 5.96. The molecule has 2 N–H and O–H groups in total. The topological polar surface area (TPSA) is 44.5 Å². The van der Waals surface area contributed by atoms with Crippen LogP contribution >= 0.6 is 0 Å². The Balaban J connectivity index is 1.91. The molecular formula is C13H17NO2. The highest BCUT2D eigenvalue weighted by atomic mass is 16.7. The zero-order valence-corrected chi connectivity index (χ0v) is 9.53. The number of fused-ring (bicyclic) bond motifs is 1. The van der Waals surface area contributed by atoms with Gasteiger partial charge < -0.3 is 15.2 Å². The van der Waals surface area contributed by atoms with Gasteiger partial charge in [0.05, 0.1) is 0 Å². The van der Waals surface area contributed by atoms with Crippen molar-refractivity contribution < 1.29 is 9.47 Å². The van der Waals surface area contributed by atoms with Crippen molar-refractivity contribution in [3.05, 3.63) is 23.8 Å². The number of benzene rings is 1. The summed E-state index contributed by atoms with van der Waals surface area (Å²) in [6.45, 7) is 1.98. The van der Waals surface area contributed by atoms with Crippen LogP contribution in [0.4, 0.5) is 0 Å². The highest BCUT2D eigenvalue weighted by Crippen LogP contribution is 2.46. The number of ether oxygens (including phenoxy) is 2. The molecule has 0 radical (unpaired) electrons. The molecular weight excluding hydrogens is 202 g/mol. The fourth-order valence-corrected chi connectivity index (χ4v) is 2.51. The van der Waals surface area contributed by atoms with E-state index in [9.17, 15) is 0 Å². The lowest BCUT2D eigenvalue weighted by Gasteiger charge is -2.21. The maximum absolute atomic E-state index is 5.97. The summed E-state index contributed by atoms with van der Waals surface area (Å²) >= 11 is 0. The van der Waals surface area contributed by atoms with E-state index >= 15 is 0 Å². The summed E-state index contributed by atoms with van der Waals surface area (Å²) in [4.78, 5) is 0. The van der Waals surface area contributed by atoms with Gasteiger partial charge in [0.25, 0.3) is 5.79 Å². The maximum Gasteiger partial charge on any atom is 0.251 e. The quantitative estimate of drug-likeness (QED) is 0.789. The molecule has 1 aliphatic carbocycles. The number of nitrogens with two attached hydrogens (primary N) is 1. The van der Waals surface area contributed by atoms with Crippen molar-refractivity contribution in [3.63, 3.8) is 0 Å². The predicted molar refractivity (Wildman–Crippen MR) is 61.5 cm³/mol. The zero-order chi connectivity index (χ0) is 11.2. The summed E-state index contributed by atoms with van der Waals surface area (Å²) in [6, 6.07) is 6.03. The normalized spacial score (nSPS) is 22.6. The van der Waals surface area contributed by atoms with Gasteiger partial charge in [-0.05, 0) is 37.5 Å². The van der Waals surface area contributed by atoms with Crippen molar-refractivity contribution >= 4 is 0 Å². The second kappa shape index (κ2) is 3.39. The Hall–Kier alpha value is -1.22. The Bertz CT molecular complexity index is 408. The van der Waals surface area contributed by atoms with Gasteiger partial charge >= 0.3 is 0 Å². The molecule has 0 aromatic heterocycles. The molecule has 1 saturated carbocycles. The highest BCUT2D eigenvalue weighted by Gasteiger charge is 2.43. The van der Waals surface area contributed by atoms with Gasteiger partial charge in [-0.1, -0.05) is 6.07 Å². The second-order valence-corrected chi connectivity index (χ2v) is 4.82. The number of hydrogen-bond acceptors (Lipinski definition) is 3. The van der Waals surface area contributed by atoms with Gasteiger partial charge in [0.1, 0.15) is 0 Å². The van der Waals surface area contributed by atoms with Crippen molar-refractivity contribution in [2.24, 2.45) is 5.73 Å². The summed E-state index contributed by atoms with van der Waals surface area (Å²) in [6.07, 6.45) is 4.37. The van der Waals surface area contributed by atoms with Gasteiger partial charge in [-0.25, -0.2) is 0 Å². The summed E-state index contributed by atoms with van der Waals surface area (Å²) in [5, 5.41) is 0. The van der Waals surface area contributed by atoms with Crippen LogP contribution in [0.3, 0.4) is 0 Å². The highest BCUT2D eigenvalue weighted by molar-refractivity contribution is 5.46. The molecule has 86 valence electrons. The second-order valence-electron chi connectivity index (χ2n) is 4.82. The van der Waals surface area contributed by atoms with E-state index in [2.05, 4.69) is 0 Å². The fraction of sp³-hybridized carbons (Fsp3) is 0.538. The molecule has 0 bridgehead atoms. The van der Waals surface area contributed by atoms with Gasteiger partial charge in [-0.3, -0.25) is 0 Å². The first-order valence-corrected chi connectivity index (χ1v) is 5.96. The van der Waals surface area contributed by atoms with Gasteiger partial charge in [-0.2, -0.15) is 0 Å². The van der Waals surface area contributed by atoms with Gasteiger partial charge in [0.15, 0.2) is 11.5 Å². The molecule has 1 aromatic carbocycles. The largest absolute Gasteiger partial charge is 0.448 e. The molecule has 3 heteroatoms. The Morgan fingerprint density at radius 3 is 2.56 bits per heavy atom. The van der Waals surface area contributed by atoms with Crippen LogP contribution in [-0.2, 0) is 0 Å². The average molecular weight is 219 g/mol. The van der Waals surface area contributed by atoms with E-state index in [-0.39, 0.29) is 11.8 Å². The lowest BCUT2D eigenvalue weighted by molar-refractivity contribution is -0.0716. The summed E-state index contributed by atoms with van der Waals surface area (Å²) in [5.74, 6) is 1.36. The minimum atomic E-state index is -0.362. The summed E-state index contributed by atoms with van der Waals surface area (Å²) in [5.41, 5.74) is 6.95. The molecule has 1 atom stereocenters. The minimum Gasteiger partial charge on any atom is -0.448 e. The van der Waals surface area contributed by atoms with Crippen LogP contribution in [0.2, 0.25) is 0 Å². The molecule has 0 amide bonds. The molecule has 1 aromatic rings. The lowest BCUT2D eigenvalue weighted by atomic mass is 10.1. The predicted octanol–water partition coefficient (Wildman–Crippen LogP) is 2.75. The monoisotopic (exact) mass is 219 g/mol. The molecule has 1 unspecified atom stereocenters. The van der Waals surface area contributed by atoms with Crippen LogP contribution in [0.1, 0.15) is 44.2 Å². The Morgan fingerprint density at radius 2 is 1.88 bits per heavy atom. The van der Waals surface area contributed by atoms with E-state index in [4.69, 9.17) is 15.2 Å². The Kier molecular flexibility index (Phi) is 2.11. The van der Waals surface area contributed by atoms with E-state index in [1.54, 1.807) is 0 Å². The van der Waals surface area contributed by atoms with Crippen LogP contribution in [-0.4, -0.2) is 5.79 Å². The van der Waals surface area contributed by atoms with Crippen LogP contribution in [0, 0.1) is 0 Å². The SMILES string of the molecule is CC(N)c1ccc2c(c1)OC1(CCCC1)O2. The number of rotatable bonds is 1. The van der Waals surface area contributed by atoms with Crippen LogP contribution in [0.5, 0.6) is 11.5 Å². The molecule has 1 spiro atoms. The lowest BCUT2D eigenvalue weighted by Crippen LogP contribution is -2.34. The molecule has 1 fully saturated rings. The Labute approximate surface area is 95.5 Å². The standard InChI is InChI=1S/C13H17NO2/c1-9(14)10-4-5-11-12(8-10)16-13(15-11)6-2-3-7-13/h4-5,8-9H,2-3,6-7,14H2,1H3. The average Bonchev–Trinajstić information content (AvgIpc) is 2.84. The molecule has 0 saturated heterocycles. The fourth-order valence-electron chi connectivity index (χ4n) is 2.51. The molecule has 1 aliphatic heterocycles. The van der Waals surface area contributed by atoms with E-state index < -0.39 is 0 Å². The van der Waals surface area contributed by atoms with Crippen LogP contribution < -0.4 is 15.2 Å². The third-order valence-corrected chi connectivity index (χ3v) is 3.45. The van der Waals surface area contributed by atoms with Crippen molar-refractivity contribution in [2.45, 2.75) is 44.4 Å². The van der Waals surface area contributed by atoms with Gasteiger partial charge in [0, 0.05) is 18.9 Å². The minimum absolute atomic E-state index is 0.0361. The van der Waals surface area contributed by atoms with E-state index in [1.807, 2.05) is 25.1 Å². The van der Waals surface area contributed by atoms with Crippen molar-refractivity contribution in [2.75, 3.05) is 0 Å². The van der Waals surface area contributed by atoms with Crippen molar-refractivity contribution in [1.82, 2.24) is 0 Å². The Morgan fingerprint density at radius 1 is 1.19 bits per heavy atom. The van der Waals surface area contributed by atoms with Crippen molar-refractivity contribution in [3.8, 4) is 11.5 Å². The third-order valence-electron chi connectivity index (χ3n) is 3.45. The number of hydrogen-bond donors (Lipinski definition) is 1. The van der Waals surface area contributed by atoms with Crippen molar-refractivity contribution in [1.29, 1.82) is 0 Å². The van der Waals surface area contributed by atoms with Crippen LogP contribution in [0.15, 0.2) is 18.2 Å². The molecule has 1 heterocycles. The van der Waals surface area contributed by atoms with E-state index in [0.29, 0.717) is 0 Å². The van der Waals surface area contributed by atoms with Gasteiger partial charge in [-0.15, -0.1) is 0 Å².